The number of aryl methyl sites for hydroxylation is 1. The van der Waals surface area contributed by atoms with Gasteiger partial charge in [0.2, 0.25) is 0 Å². The molecule has 0 saturated carbocycles. The number of imidazole rings is 1. The highest BCUT2D eigenvalue weighted by Gasteiger charge is 2.21. The first kappa shape index (κ1) is 14.0. The number of benzene rings is 1. The van der Waals surface area contributed by atoms with E-state index in [0.29, 0.717) is 5.56 Å². The average Bonchev–Trinajstić information content (AvgIpc) is 2.84. The van der Waals surface area contributed by atoms with E-state index in [2.05, 4.69) is 21.8 Å². The Balaban J connectivity index is 2.44. The standard InChI is InChI=1S/C14H17ClFN3/c1-3-8-19-9-7-18-14(19)13(17-2)10-5-4-6-11(16)12(10)15/h4-7,9,13,17H,3,8H2,1-2H3. The van der Waals surface area contributed by atoms with Crippen molar-refractivity contribution in [3.63, 3.8) is 0 Å². The van der Waals surface area contributed by atoms with Crippen molar-refractivity contribution >= 4 is 11.6 Å². The summed E-state index contributed by atoms with van der Waals surface area (Å²) in [4.78, 5) is 4.37. The smallest absolute Gasteiger partial charge is 0.142 e. The zero-order chi connectivity index (χ0) is 13.8. The molecule has 0 amide bonds. The van der Waals surface area contributed by atoms with Gasteiger partial charge in [-0.15, -0.1) is 0 Å². The van der Waals surface area contributed by atoms with Crippen molar-refractivity contribution in [1.82, 2.24) is 14.9 Å². The molecule has 1 aromatic heterocycles. The van der Waals surface area contributed by atoms with Gasteiger partial charge in [0.25, 0.3) is 0 Å². The van der Waals surface area contributed by atoms with Gasteiger partial charge in [-0.2, -0.15) is 0 Å². The summed E-state index contributed by atoms with van der Waals surface area (Å²) in [6.45, 7) is 2.98. The van der Waals surface area contributed by atoms with Crippen molar-refractivity contribution in [2.24, 2.45) is 0 Å². The van der Waals surface area contributed by atoms with Crippen LogP contribution in [0.5, 0.6) is 0 Å². The van der Waals surface area contributed by atoms with E-state index in [1.54, 1.807) is 12.3 Å². The van der Waals surface area contributed by atoms with Crippen LogP contribution in [-0.4, -0.2) is 16.6 Å². The Morgan fingerprint density at radius 3 is 2.95 bits per heavy atom. The molecule has 1 N–H and O–H groups in total. The van der Waals surface area contributed by atoms with Crippen LogP contribution < -0.4 is 5.32 Å². The van der Waals surface area contributed by atoms with Crippen LogP contribution in [0.15, 0.2) is 30.6 Å². The van der Waals surface area contributed by atoms with Crippen LogP contribution >= 0.6 is 11.6 Å². The van der Waals surface area contributed by atoms with Gasteiger partial charge in [0.05, 0.1) is 11.1 Å². The van der Waals surface area contributed by atoms with E-state index >= 15 is 0 Å². The van der Waals surface area contributed by atoms with Gasteiger partial charge in [-0.25, -0.2) is 9.37 Å². The summed E-state index contributed by atoms with van der Waals surface area (Å²) in [5.74, 6) is 0.435. The predicted octanol–water partition coefficient (Wildman–Crippen LogP) is 3.39. The van der Waals surface area contributed by atoms with E-state index in [1.165, 1.54) is 6.07 Å². The van der Waals surface area contributed by atoms with Crippen molar-refractivity contribution in [1.29, 1.82) is 0 Å². The van der Waals surface area contributed by atoms with Gasteiger partial charge < -0.3 is 9.88 Å². The predicted molar refractivity (Wildman–Crippen MR) is 74.8 cm³/mol. The van der Waals surface area contributed by atoms with Gasteiger partial charge in [-0.3, -0.25) is 0 Å². The highest BCUT2D eigenvalue weighted by molar-refractivity contribution is 6.31. The topological polar surface area (TPSA) is 29.9 Å². The molecule has 0 bridgehead atoms. The Hall–Kier alpha value is -1.39. The summed E-state index contributed by atoms with van der Waals surface area (Å²) in [5.41, 5.74) is 0.702. The molecular formula is C14H17ClFN3. The first-order chi connectivity index (χ1) is 9.19. The van der Waals surface area contributed by atoms with Crippen molar-refractivity contribution in [3.8, 4) is 0 Å². The zero-order valence-corrected chi connectivity index (χ0v) is 11.8. The molecule has 0 radical (unpaired) electrons. The van der Waals surface area contributed by atoms with Crippen LogP contribution in [-0.2, 0) is 6.54 Å². The molecule has 19 heavy (non-hydrogen) atoms. The fourth-order valence-electron chi connectivity index (χ4n) is 2.18. The van der Waals surface area contributed by atoms with Gasteiger partial charge >= 0.3 is 0 Å². The third-order valence-electron chi connectivity index (χ3n) is 3.05. The highest BCUT2D eigenvalue weighted by Crippen LogP contribution is 2.29. The maximum absolute atomic E-state index is 13.6. The highest BCUT2D eigenvalue weighted by atomic mass is 35.5. The molecule has 0 saturated heterocycles. The maximum atomic E-state index is 13.6. The Bertz CT molecular complexity index is 553. The lowest BCUT2D eigenvalue weighted by Crippen LogP contribution is -2.22. The van der Waals surface area contributed by atoms with Crippen molar-refractivity contribution in [3.05, 3.63) is 52.8 Å². The number of hydrogen-bond acceptors (Lipinski definition) is 2. The zero-order valence-electron chi connectivity index (χ0n) is 11.0. The number of rotatable bonds is 5. The van der Waals surface area contributed by atoms with Crippen LogP contribution in [0.1, 0.15) is 30.8 Å². The van der Waals surface area contributed by atoms with E-state index in [4.69, 9.17) is 11.6 Å². The molecular weight excluding hydrogens is 265 g/mol. The molecule has 1 unspecified atom stereocenters. The molecule has 1 aromatic carbocycles. The molecule has 2 rings (SSSR count). The summed E-state index contributed by atoms with van der Waals surface area (Å²) in [5, 5.41) is 3.30. The molecule has 2 aromatic rings. The summed E-state index contributed by atoms with van der Waals surface area (Å²) < 4.78 is 15.6. The van der Waals surface area contributed by atoms with Gasteiger partial charge in [-0.1, -0.05) is 30.7 Å². The second-order valence-electron chi connectivity index (χ2n) is 4.34. The lowest BCUT2D eigenvalue weighted by molar-refractivity contribution is 0.562. The van der Waals surface area contributed by atoms with Crippen molar-refractivity contribution < 1.29 is 4.39 Å². The molecule has 0 aliphatic heterocycles. The van der Waals surface area contributed by atoms with Gasteiger partial charge in [0, 0.05) is 18.9 Å². The SMILES string of the molecule is CCCn1ccnc1C(NC)c1cccc(F)c1Cl. The first-order valence-electron chi connectivity index (χ1n) is 6.31. The lowest BCUT2D eigenvalue weighted by atomic mass is 10.1. The number of aromatic nitrogens is 2. The molecule has 3 nitrogen and oxygen atoms in total. The molecule has 0 fully saturated rings. The number of hydrogen-bond donors (Lipinski definition) is 1. The van der Waals surface area contributed by atoms with E-state index < -0.39 is 5.82 Å². The third kappa shape index (κ3) is 2.80. The monoisotopic (exact) mass is 281 g/mol. The number of halogens is 2. The minimum Gasteiger partial charge on any atom is -0.333 e. The quantitative estimate of drug-likeness (QED) is 0.910. The van der Waals surface area contributed by atoms with E-state index in [1.807, 2.05) is 19.3 Å². The first-order valence-corrected chi connectivity index (χ1v) is 6.69. The molecule has 0 aliphatic carbocycles. The molecule has 0 spiro atoms. The van der Waals surface area contributed by atoms with Crippen LogP contribution in [0, 0.1) is 5.82 Å². The third-order valence-corrected chi connectivity index (χ3v) is 3.45. The Morgan fingerprint density at radius 2 is 2.26 bits per heavy atom. The fraction of sp³-hybridized carbons (Fsp3) is 0.357. The summed E-state index contributed by atoms with van der Waals surface area (Å²) in [6, 6.07) is 4.62. The Labute approximate surface area is 117 Å². The van der Waals surface area contributed by atoms with E-state index in [9.17, 15) is 4.39 Å². The normalized spacial score (nSPS) is 12.6. The van der Waals surface area contributed by atoms with Crippen LogP contribution in [0.25, 0.3) is 0 Å². The molecule has 1 heterocycles. The second kappa shape index (κ2) is 6.17. The van der Waals surface area contributed by atoms with Crippen LogP contribution in [0.4, 0.5) is 4.39 Å². The molecule has 0 aliphatic rings. The molecule has 5 heteroatoms. The van der Waals surface area contributed by atoms with E-state index in [0.717, 1.165) is 18.8 Å². The van der Waals surface area contributed by atoms with Gasteiger partial charge in [0.15, 0.2) is 0 Å². The Morgan fingerprint density at radius 1 is 1.47 bits per heavy atom. The summed E-state index contributed by atoms with van der Waals surface area (Å²) in [7, 11) is 1.82. The fourth-order valence-corrected chi connectivity index (χ4v) is 2.41. The molecule has 1 atom stereocenters. The van der Waals surface area contributed by atoms with Gasteiger partial charge in [-0.05, 0) is 25.1 Å². The summed E-state index contributed by atoms with van der Waals surface area (Å²) in [6.07, 6.45) is 4.69. The maximum Gasteiger partial charge on any atom is 0.142 e. The average molecular weight is 282 g/mol. The largest absolute Gasteiger partial charge is 0.333 e. The van der Waals surface area contributed by atoms with Crippen molar-refractivity contribution in [2.45, 2.75) is 25.9 Å². The van der Waals surface area contributed by atoms with E-state index in [-0.39, 0.29) is 11.1 Å². The minimum absolute atomic E-state index is 0.146. The van der Waals surface area contributed by atoms with Gasteiger partial charge in [0.1, 0.15) is 11.6 Å². The van der Waals surface area contributed by atoms with Crippen LogP contribution in [0.2, 0.25) is 5.02 Å². The number of nitrogens with zero attached hydrogens (tertiary/aromatic N) is 2. The minimum atomic E-state index is -0.409. The molecule has 102 valence electrons. The second-order valence-corrected chi connectivity index (χ2v) is 4.72. The number of nitrogens with one attached hydrogen (secondary N) is 1. The summed E-state index contributed by atoms with van der Waals surface area (Å²) >= 11 is 6.06. The van der Waals surface area contributed by atoms with Crippen molar-refractivity contribution in [2.75, 3.05) is 7.05 Å². The van der Waals surface area contributed by atoms with Crippen LogP contribution in [0.3, 0.4) is 0 Å². The lowest BCUT2D eigenvalue weighted by Gasteiger charge is -2.19. The Kier molecular flexibility index (Phi) is 4.56.